The number of alkyl halides is 3. The minimum Gasteiger partial charge on any atom is -0.166 e. The van der Waals surface area contributed by atoms with Gasteiger partial charge in [-0.1, -0.05) is 43.5 Å². The highest BCUT2D eigenvalue weighted by molar-refractivity contribution is 5.53. The van der Waals surface area contributed by atoms with Crippen molar-refractivity contribution in [3.8, 4) is 0 Å². The van der Waals surface area contributed by atoms with E-state index >= 15 is 0 Å². The Bertz CT molecular complexity index is 488. The summed E-state index contributed by atoms with van der Waals surface area (Å²) in [6.45, 7) is 4.35. The number of allylic oxidation sites excluding steroid dienone is 1. The van der Waals surface area contributed by atoms with Gasteiger partial charge in [-0.3, -0.25) is 0 Å². The Balaban J connectivity index is 1.98. The van der Waals surface area contributed by atoms with E-state index < -0.39 is 11.7 Å². The van der Waals surface area contributed by atoms with Crippen LogP contribution in [0.3, 0.4) is 0 Å². The average Bonchev–Trinajstić information content (AvgIpc) is 2.48. The van der Waals surface area contributed by atoms with Gasteiger partial charge in [0.2, 0.25) is 0 Å². The monoisotopic (exact) mass is 310 g/mol. The molecule has 0 nitrogen and oxygen atoms in total. The maximum absolute atomic E-state index is 12.6. The Morgan fingerprint density at radius 3 is 2.18 bits per heavy atom. The zero-order valence-corrected chi connectivity index (χ0v) is 13.4. The maximum Gasteiger partial charge on any atom is 0.416 e. The van der Waals surface area contributed by atoms with Gasteiger partial charge < -0.3 is 0 Å². The van der Waals surface area contributed by atoms with Gasteiger partial charge in [0.1, 0.15) is 0 Å². The molecule has 0 aromatic heterocycles. The first kappa shape index (κ1) is 17.1. The summed E-state index contributed by atoms with van der Waals surface area (Å²) < 4.78 is 37.7. The van der Waals surface area contributed by atoms with Crippen molar-refractivity contribution >= 4 is 6.08 Å². The van der Waals surface area contributed by atoms with Crippen LogP contribution in [0.2, 0.25) is 0 Å². The molecule has 0 aliphatic heterocycles. The summed E-state index contributed by atoms with van der Waals surface area (Å²) in [4.78, 5) is 0. The minimum absolute atomic E-state index is 0.581. The van der Waals surface area contributed by atoms with Crippen LogP contribution in [0.4, 0.5) is 13.2 Å². The highest BCUT2D eigenvalue weighted by atomic mass is 19.4. The number of hydrogen-bond acceptors (Lipinski definition) is 0. The van der Waals surface area contributed by atoms with Gasteiger partial charge in [0.25, 0.3) is 0 Å². The lowest BCUT2D eigenvalue weighted by atomic mass is 9.77. The lowest BCUT2D eigenvalue weighted by molar-refractivity contribution is -0.137. The maximum atomic E-state index is 12.6. The molecule has 0 amide bonds. The Kier molecular flexibility index (Phi) is 5.71. The predicted molar refractivity (Wildman–Crippen MR) is 85.5 cm³/mol. The molecule has 2 rings (SSSR count). The van der Waals surface area contributed by atoms with E-state index in [1.54, 1.807) is 12.1 Å². The van der Waals surface area contributed by atoms with Crippen LogP contribution in [-0.2, 0) is 6.18 Å². The molecule has 0 N–H and O–H groups in total. The van der Waals surface area contributed by atoms with Crippen molar-refractivity contribution in [2.45, 2.75) is 58.5 Å². The molecule has 0 heterocycles. The number of hydrogen-bond donors (Lipinski definition) is 0. The van der Waals surface area contributed by atoms with Gasteiger partial charge in [0, 0.05) is 0 Å². The van der Waals surface area contributed by atoms with E-state index in [1.165, 1.54) is 44.1 Å². The van der Waals surface area contributed by atoms with Crippen molar-refractivity contribution in [1.82, 2.24) is 0 Å². The van der Waals surface area contributed by atoms with Crippen LogP contribution in [0.25, 0.3) is 6.08 Å². The number of rotatable bonds is 4. The lowest BCUT2D eigenvalue weighted by Crippen LogP contribution is -2.15. The van der Waals surface area contributed by atoms with Gasteiger partial charge >= 0.3 is 6.18 Å². The molecular weight excluding hydrogens is 285 g/mol. The Morgan fingerprint density at radius 2 is 1.68 bits per heavy atom. The zero-order chi connectivity index (χ0) is 16.2. The van der Waals surface area contributed by atoms with Crippen LogP contribution in [0.1, 0.15) is 63.5 Å². The molecular formula is C19H25F3. The standard InChI is InChI=1S/C19H25F3/c1-3-4-15-5-9-17(10-6-15)14(2)13-16-7-11-18(12-8-16)19(20,21)22/h7-8,11-13,15,17H,3-6,9-10H2,1-2H3/b14-13+. The van der Waals surface area contributed by atoms with Crippen molar-refractivity contribution in [3.05, 3.63) is 41.0 Å². The van der Waals surface area contributed by atoms with Crippen LogP contribution in [0.15, 0.2) is 29.8 Å². The molecule has 1 aromatic rings. The highest BCUT2D eigenvalue weighted by Gasteiger charge is 2.29. The molecule has 1 aliphatic rings. The molecule has 0 spiro atoms. The number of benzene rings is 1. The topological polar surface area (TPSA) is 0 Å². The molecule has 122 valence electrons. The third kappa shape index (κ3) is 4.62. The fourth-order valence-corrected chi connectivity index (χ4v) is 3.46. The lowest BCUT2D eigenvalue weighted by Gasteiger charge is -2.29. The van der Waals surface area contributed by atoms with Crippen molar-refractivity contribution in [2.75, 3.05) is 0 Å². The molecule has 0 saturated heterocycles. The van der Waals surface area contributed by atoms with E-state index in [1.807, 2.05) is 6.08 Å². The molecule has 0 radical (unpaired) electrons. The van der Waals surface area contributed by atoms with Gasteiger partial charge in [-0.25, -0.2) is 0 Å². The summed E-state index contributed by atoms with van der Waals surface area (Å²) in [5.74, 6) is 1.47. The molecule has 1 aliphatic carbocycles. The highest BCUT2D eigenvalue weighted by Crippen LogP contribution is 2.36. The minimum atomic E-state index is -4.26. The summed E-state index contributed by atoms with van der Waals surface area (Å²) in [5.41, 5.74) is 1.58. The third-order valence-corrected chi connectivity index (χ3v) is 4.82. The Morgan fingerprint density at radius 1 is 1.09 bits per heavy atom. The summed E-state index contributed by atoms with van der Waals surface area (Å²) >= 11 is 0. The SMILES string of the molecule is CCCC1CCC(/C(C)=C/c2ccc(C(F)(F)F)cc2)CC1. The Labute approximate surface area is 131 Å². The third-order valence-electron chi connectivity index (χ3n) is 4.82. The van der Waals surface area contributed by atoms with E-state index in [-0.39, 0.29) is 0 Å². The summed E-state index contributed by atoms with van der Waals surface area (Å²) in [5, 5.41) is 0. The van der Waals surface area contributed by atoms with Gasteiger partial charge in [0.15, 0.2) is 0 Å². The van der Waals surface area contributed by atoms with Gasteiger partial charge in [-0.15, -0.1) is 0 Å². The molecule has 1 saturated carbocycles. The second-order valence-electron chi connectivity index (χ2n) is 6.51. The van der Waals surface area contributed by atoms with E-state index in [4.69, 9.17) is 0 Å². The smallest absolute Gasteiger partial charge is 0.166 e. The molecule has 1 fully saturated rings. The first-order valence-corrected chi connectivity index (χ1v) is 8.25. The summed E-state index contributed by atoms with van der Waals surface area (Å²) in [6, 6.07) is 5.46. The van der Waals surface area contributed by atoms with E-state index in [2.05, 4.69) is 13.8 Å². The summed E-state index contributed by atoms with van der Waals surface area (Å²) in [6.07, 6.45) is 5.39. The normalized spacial score (nSPS) is 23.6. The first-order valence-electron chi connectivity index (χ1n) is 8.25. The first-order chi connectivity index (χ1) is 10.4. The molecule has 1 aromatic carbocycles. The van der Waals surface area contributed by atoms with Gasteiger partial charge in [-0.05, 0) is 62.1 Å². The zero-order valence-electron chi connectivity index (χ0n) is 13.4. The van der Waals surface area contributed by atoms with Crippen LogP contribution in [0.5, 0.6) is 0 Å². The molecule has 0 bridgehead atoms. The van der Waals surface area contributed by atoms with E-state index in [9.17, 15) is 13.2 Å². The average molecular weight is 310 g/mol. The number of halogens is 3. The molecule has 22 heavy (non-hydrogen) atoms. The van der Waals surface area contributed by atoms with Crippen molar-refractivity contribution in [2.24, 2.45) is 11.8 Å². The summed E-state index contributed by atoms with van der Waals surface area (Å²) in [7, 11) is 0. The van der Waals surface area contributed by atoms with Crippen molar-refractivity contribution < 1.29 is 13.2 Å². The molecule has 0 atom stereocenters. The van der Waals surface area contributed by atoms with Crippen LogP contribution < -0.4 is 0 Å². The molecule has 0 unspecified atom stereocenters. The van der Waals surface area contributed by atoms with E-state index in [0.29, 0.717) is 5.92 Å². The van der Waals surface area contributed by atoms with Gasteiger partial charge in [0.05, 0.1) is 5.56 Å². The quantitative estimate of drug-likeness (QED) is 0.579. The fourth-order valence-electron chi connectivity index (χ4n) is 3.46. The molecule has 3 heteroatoms. The predicted octanol–water partition coefficient (Wildman–Crippen LogP) is 6.72. The second kappa shape index (κ2) is 7.34. The fraction of sp³-hybridized carbons (Fsp3) is 0.579. The van der Waals surface area contributed by atoms with Crippen molar-refractivity contribution in [3.63, 3.8) is 0 Å². The largest absolute Gasteiger partial charge is 0.416 e. The van der Waals surface area contributed by atoms with Gasteiger partial charge in [-0.2, -0.15) is 13.2 Å². The second-order valence-corrected chi connectivity index (χ2v) is 6.51. The van der Waals surface area contributed by atoms with Crippen LogP contribution in [0, 0.1) is 11.8 Å². The van der Waals surface area contributed by atoms with Crippen LogP contribution >= 0.6 is 0 Å². The Hall–Kier alpha value is -1.25. The van der Waals surface area contributed by atoms with E-state index in [0.717, 1.165) is 23.6 Å². The van der Waals surface area contributed by atoms with Crippen LogP contribution in [-0.4, -0.2) is 0 Å². The van der Waals surface area contributed by atoms with Crippen molar-refractivity contribution in [1.29, 1.82) is 0 Å².